The van der Waals surface area contributed by atoms with E-state index in [1.54, 1.807) is 12.2 Å². The van der Waals surface area contributed by atoms with Crippen LogP contribution in [0.1, 0.15) is 24.3 Å². The Morgan fingerprint density at radius 3 is 2.47 bits per heavy atom. The van der Waals surface area contributed by atoms with Gasteiger partial charge in [0.15, 0.2) is 17.4 Å². The molecule has 2 aromatic heterocycles. The van der Waals surface area contributed by atoms with E-state index in [4.69, 9.17) is 4.42 Å². The van der Waals surface area contributed by atoms with Crippen molar-refractivity contribution in [2.24, 2.45) is 0 Å². The standard InChI is InChI=1S/C19H18F5N5O3/c1-8(30)5-25-17-26-6-11(7-27-17)28-18(31)29-16(19(22,23)24)14-9(2)12-3-10(20)4-13(21)15(12)32-14/h3-4,6-8,16,30H,5H2,1-2H3,(H,25,26,27)(H2,28,29,31)/t8-,16+/m1/s1. The third-order valence-corrected chi connectivity index (χ3v) is 4.32. The van der Waals surface area contributed by atoms with Crippen molar-refractivity contribution in [1.29, 1.82) is 0 Å². The number of rotatable bonds is 6. The maximum atomic E-state index is 13.9. The number of nitrogens with zero attached hydrogens (tertiary/aromatic N) is 2. The van der Waals surface area contributed by atoms with E-state index in [2.05, 4.69) is 20.6 Å². The molecule has 0 radical (unpaired) electrons. The number of aliphatic hydroxyl groups excluding tert-OH is 1. The molecule has 0 aliphatic heterocycles. The molecule has 2 atom stereocenters. The van der Waals surface area contributed by atoms with E-state index in [9.17, 15) is 31.9 Å². The number of aliphatic hydroxyl groups is 1. The van der Waals surface area contributed by atoms with Crippen LogP contribution in [-0.2, 0) is 0 Å². The summed E-state index contributed by atoms with van der Waals surface area (Å²) in [6.07, 6.45) is -3.38. The van der Waals surface area contributed by atoms with Gasteiger partial charge in [0.25, 0.3) is 0 Å². The first-order chi connectivity index (χ1) is 15.0. The fourth-order valence-electron chi connectivity index (χ4n) is 2.85. The summed E-state index contributed by atoms with van der Waals surface area (Å²) in [7, 11) is 0. The molecular formula is C19H18F5N5O3. The number of aryl methyl sites for hydroxylation is 1. The summed E-state index contributed by atoms with van der Waals surface area (Å²) in [5.41, 5.74) is -0.734. The van der Waals surface area contributed by atoms with E-state index in [0.717, 1.165) is 18.5 Å². The average Bonchev–Trinajstić information content (AvgIpc) is 3.01. The van der Waals surface area contributed by atoms with E-state index in [0.29, 0.717) is 6.07 Å². The van der Waals surface area contributed by atoms with Crippen LogP contribution >= 0.6 is 0 Å². The van der Waals surface area contributed by atoms with Crippen LogP contribution in [0.2, 0.25) is 0 Å². The zero-order valence-electron chi connectivity index (χ0n) is 16.7. The monoisotopic (exact) mass is 459 g/mol. The molecule has 0 unspecified atom stereocenters. The number of carbonyl (C=O) groups excluding carboxylic acids is 1. The predicted molar refractivity (Wildman–Crippen MR) is 104 cm³/mol. The lowest BCUT2D eigenvalue weighted by molar-refractivity contribution is -0.158. The first-order valence-corrected chi connectivity index (χ1v) is 9.22. The van der Waals surface area contributed by atoms with Crippen LogP contribution in [0.15, 0.2) is 28.9 Å². The summed E-state index contributed by atoms with van der Waals surface area (Å²) in [4.78, 5) is 19.9. The van der Waals surface area contributed by atoms with Crippen molar-refractivity contribution < 1.29 is 36.3 Å². The lowest BCUT2D eigenvalue weighted by Gasteiger charge is -2.20. The fourth-order valence-corrected chi connectivity index (χ4v) is 2.85. The van der Waals surface area contributed by atoms with Crippen LogP contribution in [0, 0.1) is 18.6 Å². The highest BCUT2D eigenvalue weighted by Crippen LogP contribution is 2.39. The number of anilines is 2. The summed E-state index contributed by atoms with van der Waals surface area (Å²) in [5, 5.41) is 15.6. The Morgan fingerprint density at radius 1 is 1.22 bits per heavy atom. The number of hydrogen-bond acceptors (Lipinski definition) is 6. The van der Waals surface area contributed by atoms with E-state index in [1.165, 1.54) is 6.92 Å². The fraction of sp³-hybridized carbons (Fsp3) is 0.316. The molecule has 32 heavy (non-hydrogen) atoms. The molecule has 0 saturated heterocycles. The van der Waals surface area contributed by atoms with Gasteiger partial charge in [0.1, 0.15) is 11.6 Å². The molecule has 13 heteroatoms. The molecule has 0 aliphatic rings. The second-order valence-corrected chi connectivity index (χ2v) is 6.95. The molecule has 8 nitrogen and oxygen atoms in total. The zero-order valence-corrected chi connectivity index (χ0v) is 16.7. The summed E-state index contributed by atoms with van der Waals surface area (Å²) in [6.45, 7) is 2.91. The van der Waals surface area contributed by atoms with Crippen LogP contribution in [0.4, 0.5) is 38.4 Å². The number of hydrogen-bond donors (Lipinski definition) is 4. The van der Waals surface area contributed by atoms with Crippen molar-refractivity contribution in [3.63, 3.8) is 0 Å². The van der Waals surface area contributed by atoms with Crippen molar-refractivity contribution in [2.75, 3.05) is 17.2 Å². The van der Waals surface area contributed by atoms with Gasteiger partial charge in [0, 0.05) is 23.6 Å². The largest absolute Gasteiger partial charge is 0.455 e. The van der Waals surface area contributed by atoms with Gasteiger partial charge >= 0.3 is 12.2 Å². The number of alkyl halides is 3. The Kier molecular flexibility index (Phi) is 6.48. The Morgan fingerprint density at radius 2 is 1.88 bits per heavy atom. The van der Waals surface area contributed by atoms with Crippen LogP contribution in [-0.4, -0.2) is 39.9 Å². The van der Waals surface area contributed by atoms with Crippen molar-refractivity contribution in [3.8, 4) is 0 Å². The van der Waals surface area contributed by atoms with Crippen molar-refractivity contribution in [1.82, 2.24) is 15.3 Å². The second-order valence-electron chi connectivity index (χ2n) is 6.95. The van der Waals surface area contributed by atoms with Crippen LogP contribution in [0.5, 0.6) is 0 Å². The molecule has 0 aliphatic carbocycles. The predicted octanol–water partition coefficient (Wildman–Crippen LogP) is 4.03. The van der Waals surface area contributed by atoms with Gasteiger partial charge in [-0.25, -0.2) is 23.5 Å². The van der Waals surface area contributed by atoms with Gasteiger partial charge in [-0.1, -0.05) is 0 Å². The minimum atomic E-state index is -5.00. The quantitative estimate of drug-likeness (QED) is 0.414. The van der Waals surface area contributed by atoms with Gasteiger partial charge in [-0.3, -0.25) is 0 Å². The number of aromatic nitrogens is 2. The lowest BCUT2D eigenvalue weighted by atomic mass is 10.1. The highest BCUT2D eigenvalue weighted by Gasteiger charge is 2.45. The SMILES string of the molecule is Cc1c([C@H](NC(=O)Nc2cnc(NC[C@@H](C)O)nc2)C(F)(F)F)oc2c(F)cc(F)cc12. The number of halogens is 5. The molecule has 1 aromatic carbocycles. The van der Waals surface area contributed by atoms with Gasteiger partial charge in [-0.2, -0.15) is 13.2 Å². The summed E-state index contributed by atoms with van der Waals surface area (Å²) in [6, 6.07) is -2.56. The second kappa shape index (κ2) is 8.94. The smallest absolute Gasteiger partial charge is 0.416 e. The minimum Gasteiger partial charge on any atom is -0.455 e. The van der Waals surface area contributed by atoms with Crippen molar-refractivity contribution >= 4 is 28.6 Å². The minimum absolute atomic E-state index is 0.0135. The number of benzene rings is 1. The molecule has 2 heterocycles. The average molecular weight is 459 g/mol. The van der Waals surface area contributed by atoms with E-state index in [-0.39, 0.29) is 29.1 Å². The maximum absolute atomic E-state index is 13.9. The molecule has 0 bridgehead atoms. The first-order valence-electron chi connectivity index (χ1n) is 9.22. The number of furan rings is 1. The van der Waals surface area contributed by atoms with Crippen molar-refractivity contribution in [2.45, 2.75) is 32.2 Å². The molecule has 3 aromatic rings. The van der Waals surface area contributed by atoms with Crippen LogP contribution in [0.3, 0.4) is 0 Å². The Bertz CT molecular complexity index is 1120. The van der Waals surface area contributed by atoms with E-state index in [1.807, 2.05) is 0 Å². The van der Waals surface area contributed by atoms with Gasteiger partial charge < -0.3 is 25.5 Å². The van der Waals surface area contributed by atoms with Gasteiger partial charge in [0.2, 0.25) is 5.95 Å². The lowest BCUT2D eigenvalue weighted by Crippen LogP contribution is -2.40. The maximum Gasteiger partial charge on any atom is 0.416 e. The van der Waals surface area contributed by atoms with Gasteiger partial charge in [-0.15, -0.1) is 0 Å². The topological polar surface area (TPSA) is 112 Å². The Balaban J connectivity index is 1.80. The number of urea groups is 1. The molecule has 0 spiro atoms. The third-order valence-electron chi connectivity index (χ3n) is 4.32. The number of carbonyl (C=O) groups is 1. The molecule has 4 N–H and O–H groups in total. The van der Waals surface area contributed by atoms with E-state index < -0.39 is 47.3 Å². The Labute approximate surface area is 177 Å². The molecular weight excluding hydrogens is 441 g/mol. The summed E-state index contributed by atoms with van der Waals surface area (Å²) >= 11 is 0. The number of fused-ring (bicyclic) bond motifs is 1. The van der Waals surface area contributed by atoms with Crippen LogP contribution < -0.4 is 16.0 Å². The Hall–Kier alpha value is -3.48. The highest BCUT2D eigenvalue weighted by atomic mass is 19.4. The van der Waals surface area contributed by atoms with Gasteiger partial charge in [0.05, 0.1) is 24.2 Å². The first kappa shape index (κ1) is 23.2. The summed E-state index contributed by atoms with van der Waals surface area (Å²) in [5.74, 6) is -2.79. The normalized spacial score (nSPS) is 13.6. The number of nitrogens with one attached hydrogen (secondary N) is 3. The zero-order chi connectivity index (χ0) is 23.6. The van der Waals surface area contributed by atoms with Gasteiger partial charge in [-0.05, 0) is 19.9 Å². The molecule has 0 fully saturated rings. The van der Waals surface area contributed by atoms with Crippen molar-refractivity contribution in [3.05, 3.63) is 47.5 Å². The molecule has 3 rings (SSSR count). The third kappa shape index (κ3) is 5.22. The van der Waals surface area contributed by atoms with Crippen LogP contribution in [0.25, 0.3) is 11.0 Å². The molecule has 172 valence electrons. The van der Waals surface area contributed by atoms with E-state index >= 15 is 0 Å². The summed E-state index contributed by atoms with van der Waals surface area (Å²) < 4.78 is 73.5. The number of amides is 2. The highest BCUT2D eigenvalue weighted by molar-refractivity contribution is 5.89. The molecule has 2 amide bonds. The molecule has 0 saturated carbocycles.